The van der Waals surface area contributed by atoms with Gasteiger partial charge in [0.1, 0.15) is 18.3 Å². The molecule has 2 rings (SSSR count). The summed E-state index contributed by atoms with van der Waals surface area (Å²) in [6, 6.07) is 3.72. The molecule has 1 atom stereocenters. The first kappa shape index (κ1) is 13.2. The molecule has 2 aromatic rings. The minimum Gasteiger partial charge on any atom is -0.325 e. The Hall–Kier alpha value is -2.28. The van der Waals surface area contributed by atoms with Crippen molar-refractivity contribution in [3.8, 4) is 5.69 Å². The van der Waals surface area contributed by atoms with Crippen molar-refractivity contribution in [2.24, 2.45) is 5.73 Å². The lowest BCUT2D eigenvalue weighted by Gasteiger charge is -2.11. The van der Waals surface area contributed by atoms with E-state index in [9.17, 15) is 9.18 Å². The Labute approximate surface area is 109 Å². The molecule has 0 bridgehead atoms. The first-order valence-corrected chi connectivity index (χ1v) is 5.82. The van der Waals surface area contributed by atoms with E-state index >= 15 is 0 Å². The Morgan fingerprint density at radius 1 is 1.58 bits per heavy atom. The number of carbonyl (C=O) groups is 1. The van der Waals surface area contributed by atoms with E-state index in [2.05, 4.69) is 15.4 Å². The second-order valence-corrected chi connectivity index (χ2v) is 4.01. The Kier molecular flexibility index (Phi) is 3.86. The van der Waals surface area contributed by atoms with E-state index in [1.165, 1.54) is 29.5 Å². The van der Waals surface area contributed by atoms with Crippen LogP contribution >= 0.6 is 0 Å². The highest BCUT2D eigenvalue weighted by Crippen LogP contribution is 2.17. The molecule has 0 saturated carbocycles. The highest BCUT2D eigenvalue weighted by Gasteiger charge is 2.12. The van der Waals surface area contributed by atoms with Crippen LogP contribution in [0.15, 0.2) is 30.9 Å². The summed E-state index contributed by atoms with van der Waals surface area (Å²) in [5.74, 6) is -0.844. The number of aromatic nitrogens is 3. The molecule has 0 aliphatic heterocycles. The third kappa shape index (κ3) is 2.94. The summed E-state index contributed by atoms with van der Waals surface area (Å²) in [5, 5.41) is 6.39. The lowest BCUT2D eigenvalue weighted by atomic mass is 10.2. The molecule has 0 aliphatic carbocycles. The standard InChI is InChI=1S/C12H14FN5O/c1-2-10(14)12(19)17-8-3-4-11(9(13)5-8)18-7-15-6-16-18/h3-7,10H,2,14H2,1H3,(H,17,19). The van der Waals surface area contributed by atoms with Gasteiger partial charge in [0.05, 0.1) is 6.04 Å². The number of carbonyl (C=O) groups excluding carboxylic acids is 1. The summed E-state index contributed by atoms with van der Waals surface area (Å²) in [7, 11) is 0. The number of amides is 1. The molecule has 100 valence electrons. The Balaban J connectivity index is 2.18. The molecule has 1 aromatic heterocycles. The van der Waals surface area contributed by atoms with Crippen LogP contribution in [0.5, 0.6) is 0 Å². The minimum atomic E-state index is -0.599. The van der Waals surface area contributed by atoms with Crippen molar-refractivity contribution >= 4 is 11.6 Å². The highest BCUT2D eigenvalue weighted by atomic mass is 19.1. The molecular formula is C12H14FN5O. The van der Waals surface area contributed by atoms with Crippen LogP contribution in [0.3, 0.4) is 0 Å². The van der Waals surface area contributed by atoms with Crippen molar-refractivity contribution in [2.75, 3.05) is 5.32 Å². The number of benzene rings is 1. The fourth-order valence-electron chi connectivity index (χ4n) is 1.52. The van der Waals surface area contributed by atoms with Gasteiger partial charge in [-0.1, -0.05) is 6.92 Å². The molecule has 1 unspecified atom stereocenters. The van der Waals surface area contributed by atoms with Gasteiger partial charge in [0.2, 0.25) is 5.91 Å². The average Bonchev–Trinajstić information content (AvgIpc) is 2.91. The number of anilines is 1. The first-order chi connectivity index (χ1) is 9.11. The van der Waals surface area contributed by atoms with Crippen LogP contribution in [0, 0.1) is 5.82 Å². The van der Waals surface area contributed by atoms with E-state index in [4.69, 9.17) is 5.73 Å². The van der Waals surface area contributed by atoms with Gasteiger partial charge >= 0.3 is 0 Å². The number of nitrogens with one attached hydrogen (secondary N) is 1. The van der Waals surface area contributed by atoms with Crippen molar-refractivity contribution in [2.45, 2.75) is 19.4 Å². The highest BCUT2D eigenvalue weighted by molar-refractivity contribution is 5.94. The molecule has 19 heavy (non-hydrogen) atoms. The van der Waals surface area contributed by atoms with Gasteiger partial charge in [-0.15, -0.1) is 0 Å². The molecule has 1 heterocycles. The minimum absolute atomic E-state index is 0.260. The van der Waals surface area contributed by atoms with E-state index in [0.717, 1.165) is 0 Å². The zero-order chi connectivity index (χ0) is 13.8. The van der Waals surface area contributed by atoms with E-state index < -0.39 is 11.9 Å². The van der Waals surface area contributed by atoms with Crippen molar-refractivity contribution in [3.63, 3.8) is 0 Å². The van der Waals surface area contributed by atoms with Crippen LogP contribution in [0.25, 0.3) is 5.69 Å². The maximum absolute atomic E-state index is 13.9. The number of nitrogens with two attached hydrogens (primary N) is 1. The smallest absolute Gasteiger partial charge is 0.241 e. The molecule has 0 spiro atoms. The molecule has 0 radical (unpaired) electrons. The molecule has 0 saturated heterocycles. The number of hydrogen-bond acceptors (Lipinski definition) is 4. The normalized spacial score (nSPS) is 12.2. The molecule has 1 aromatic carbocycles. The number of hydrogen-bond donors (Lipinski definition) is 2. The molecule has 3 N–H and O–H groups in total. The zero-order valence-corrected chi connectivity index (χ0v) is 10.4. The van der Waals surface area contributed by atoms with Crippen molar-refractivity contribution in [3.05, 3.63) is 36.7 Å². The summed E-state index contributed by atoms with van der Waals surface area (Å²) in [4.78, 5) is 15.3. The number of nitrogens with zero attached hydrogens (tertiary/aromatic N) is 3. The molecule has 0 aliphatic rings. The van der Waals surface area contributed by atoms with Gasteiger partial charge in [-0.2, -0.15) is 5.10 Å². The van der Waals surface area contributed by atoms with Crippen LogP contribution in [0.1, 0.15) is 13.3 Å². The molecule has 7 heteroatoms. The lowest BCUT2D eigenvalue weighted by Crippen LogP contribution is -2.34. The predicted octanol–water partition coefficient (Wildman–Crippen LogP) is 1.08. The fraction of sp³-hybridized carbons (Fsp3) is 0.250. The Morgan fingerprint density at radius 2 is 2.37 bits per heavy atom. The molecule has 6 nitrogen and oxygen atoms in total. The monoisotopic (exact) mass is 263 g/mol. The summed E-state index contributed by atoms with van der Waals surface area (Å²) >= 11 is 0. The van der Waals surface area contributed by atoms with Crippen molar-refractivity contribution < 1.29 is 9.18 Å². The Bertz CT molecular complexity index is 570. The second-order valence-electron chi connectivity index (χ2n) is 4.01. The van der Waals surface area contributed by atoms with E-state index in [-0.39, 0.29) is 11.6 Å². The van der Waals surface area contributed by atoms with Crippen molar-refractivity contribution in [1.29, 1.82) is 0 Å². The molecule has 0 fully saturated rings. The number of halogens is 1. The van der Waals surface area contributed by atoms with Crippen LogP contribution in [0.4, 0.5) is 10.1 Å². The third-order valence-corrected chi connectivity index (χ3v) is 2.66. The van der Waals surface area contributed by atoms with Crippen LogP contribution in [0.2, 0.25) is 0 Å². The summed E-state index contributed by atoms with van der Waals surface area (Å²) in [6.07, 6.45) is 3.23. The van der Waals surface area contributed by atoms with Crippen LogP contribution in [-0.4, -0.2) is 26.7 Å². The van der Waals surface area contributed by atoms with E-state index in [0.29, 0.717) is 12.1 Å². The zero-order valence-electron chi connectivity index (χ0n) is 10.4. The maximum Gasteiger partial charge on any atom is 0.241 e. The fourth-order valence-corrected chi connectivity index (χ4v) is 1.52. The van der Waals surface area contributed by atoms with Crippen molar-refractivity contribution in [1.82, 2.24) is 14.8 Å². The number of rotatable bonds is 4. The average molecular weight is 263 g/mol. The third-order valence-electron chi connectivity index (χ3n) is 2.66. The topological polar surface area (TPSA) is 85.8 Å². The second kappa shape index (κ2) is 5.57. The van der Waals surface area contributed by atoms with Gasteiger partial charge in [0.25, 0.3) is 0 Å². The summed E-state index contributed by atoms with van der Waals surface area (Å²) < 4.78 is 15.2. The van der Waals surface area contributed by atoms with E-state index in [1.54, 1.807) is 13.0 Å². The van der Waals surface area contributed by atoms with Crippen LogP contribution in [-0.2, 0) is 4.79 Å². The van der Waals surface area contributed by atoms with Crippen LogP contribution < -0.4 is 11.1 Å². The molecule has 1 amide bonds. The maximum atomic E-state index is 13.9. The summed E-state index contributed by atoms with van der Waals surface area (Å²) in [6.45, 7) is 1.80. The SMILES string of the molecule is CCC(N)C(=O)Nc1ccc(-n2cncn2)c(F)c1. The van der Waals surface area contributed by atoms with Gasteiger partial charge in [-0.3, -0.25) is 4.79 Å². The summed E-state index contributed by atoms with van der Waals surface area (Å²) in [5.41, 5.74) is 6.20. The first-order valence-electron chi connectivity index (χ1n) is 5.82. The van der Waals surface area contributed by atoms with E-state index in [1.807, 2.05) is 0 Å². The quantitative estimate of drug-likeness (QED) is 0.864. The van der Waals surface area contributed by atoms with Gasteiger partial charge in [0.15, 0.2) is 5.82 Å². The van der Waals surface area contributed by atoms with Gasteiger partial charge in [-0.25, -0.2) is 14.1 Å². The Morgan fingerprint density at radius 3 is 2.95 bits per heavy atom. The molecular weight excluding hydrogens is 249 g/mol. The lowest BCUT2D eigenvalue weighted by molar-refractivity contribution is -0.117. The largest absolute Gasteiger partial charge is 0.325 e. The van der Waals surface area contributed by atoms with Gasteiger partial charge in [0, 0.05) is 5.69 Å². The van der Waals surface area contributed by atoms with Gasteiger partial charge < -0.3 is 11.1 Å². The predicted molar refractivity (Wildman–Crippen MR) is 68.2 cm³/mol. The van der Waals surface area contributed by atoms with Gasteiger partial charge in [-0.05, 0) is 24.6 Å².